The Labute approximate surface area is 164 Å². The zero-order chi connectivity index (χ0) is 19.1. The van der Waals surface area contributed by atoms with Gasteiger partial charge in [-0.15, -0.1) is 0 Å². The number of aryl methyl sites for hydroxylation is 1. The van der Waals surface area contributed by atoms with E-state index >= 15 is 0 Å². The van der Waals surface area contributed by atoms with Gasteiger partial charge in [0.05, 0.1) is 28.5 Å². The summed E-state index contributed by atoms with van der Waals surface area (Å²) in [5, 5.41) is 21.4. The molecule has 0 bridgehead atoms. The summed E-state index contributed by atoms with van der Waals surface area (Å²) in [7, 11) is 0. The number of halogens is 1. The number of nitriles is 1. The van der Waals surface area contributed by atoms with Gasteiger partial charge < -0.3 is 9.26 Å². The van der Waals surface area contributed by atoms with Crippen molar-refractivity contribution in [1.82, 2.24) is 20.3 Å². The number of aromatic nitrogens is 4. The summed E-state index contributed by atoms with van der Waals surface area (Å²) in [4.78, 5) is 4.45. The fourth-order valence-corrected chi connectivity index (χ4v) is 3.79. The molecular weight excluding hydrogens is 378 g/mol. The predicted molar refractivity (Wildman–Crippen MR) is 102 cm³/mol. The van der Waals surface area contributed by atoms with E-state index in [4.69, 9.17) is 20.9 Å². The number of benzene rings is 1. The summed E-state index contributed by atoms with van der Waals surface area (Å²) >= 11 is 6.15. The second kappa shape index (κ2) is 6.66. The Morgan fingerprint density at radius 3 is 3.07 bits per heavy atom. The summed E-state index contributed by atoms with van der Waals surface area (Å²) in [5.41, 5.74) is 4.68. The molecule has 1 atom stereocenters. The molecule has 0 unspecified atom stereocenters. The number of fused-ring (bicyclic) bond motifs is 2. The minimum Gasteiger partial charge on any atom is -0.484 e. The number of H-pyrrole nitrogens is 1. The third kappa shape index (κ3) is 2.79. The Morgan fingerprint density at radius 2 is 2.25 bits per heavy atom. The van der Waals surface area contributed by atoms with Gasteiger partial charge in [-0.3, -0.25) is 5.10 Å². The number of nitrogens with one attached hydrogen (secondary N) is 1. The number of nitrogens with zero attached hydrogens (tertiary/aromatic N) is 4. The van der Waals surface area contributed by atoms with Crippen molar-refractivity contribution < 1.29 is 9.26 Å². The lowest BCUT2D eigenvalue weighted by Crippen LogP contribution is -2.17. The topological polar surface area (TPSA) is 101 Å². The smallest absolute Gasteiger partial charge is 0.147 e. The predicted octanol–water partition coefficient (Wildman–Crippen LogP) is 4.59. The SMILES string of the molecule is N#Cc1cc2c(nc1Cl)[C@@H](Oc1ccc3[nH]nc(-c4cnoc4)c3c1)CCC2. The van der Waals surface area contributed by atoms with E-state index in [9.17, 15) is 5.26 Å². The molecule has 7 nitrogen and oxygen atoms in total. The third-order valence-corrected chi connectivity index (χ3v) is 5.23. The Hall–Kier alpha value is -3.37. The van der Waals surface area contributed by atoms with Crippen molar-refractivity contribution in [3.05, 3.63) is 58.7 Å². The Kier molecular flexibility index (Phi) is 3.99. The minimum atomic E-state index is -0.211. The first-order chi connectivity index (χ1) is 13.7. The van der Waals surface area contributed by atoms with Gasteiger partial charge in [0.1, 0.15) is 35.0 Å². The van der Waals surface area contributed by atoms with Gasteiger partial charge in [-0.25, -0.2) is 4.98 Å². The molecule has 0 aliphatic heterocycles. The molecule has 0 fully saturated rings. The molecule has 8 heteroatoms. The van der Waals surface area contributed by atoms with Gasteiger partial charge in [0.2, 0.25) is 0 Å². The van der Waals surface area contributed by atoms with Crippen molar-refractivity contribution >= 4 is 22.5 Å². The molecule has 28 heavy (non-hydrogen) atoms. The van der Waals surface area contributed by atoms with Gasteiger partial charge in [-0.2, -0.15) is 10.4 Å². The Balaban J connectivity index is 1.51. The van der Waals surface area contributed by atoms with Crippen LogP contribution >= 0.6 is 11.6 Å². The maximum Gasteiger partial charge on any atom is 0.147 e. The molecule has 0 saturated carbocycles. The van der Waals surface area contributed by atoms with E-state index in [0.29, 0.717) is 11.3 Å². The van der Waals surface area contributed by atoms with Crippen LogP contribution in [0.25, 0.3) is 22.2 Å². The fourth-order valence-electron chi connectivity index (χ4n) is 3.60. The van der Waals surface area contributed by atoms with Crippen LogP contribution < -0.4 is 4.74 Å². The standard InChI is InChI=1S/C20H14ClN5O2/c21-20-12(8-22)6-11-2-1-3-17(19(11)24-20)28-14-4-5-16-15(7-14)18(26-25-16)13-9-23-27-10-13/h4-7,9-10,17H,1-3H2,(H,25,26)/t17-/m0/s1. The molecule has 5 rings (SSSR count). The Bertz CT molecular complexity index is 1210. The average Bonchev–Trinajstić information content (AvgIpc) is 3.37. The van der Waals surface area contributed by atoms with E-state index in [0.717, 1.165) is 52.7 Å². The first-order valence-corrected chi connectivity index (χ1v) is 9.24. The number of hydrogen-bond donors (Lipinski definition) is 1. The lowest BCUT2D eigenvalue weighted by atomic mass is 9.92. The highest BCUT2D eigenvalue weighted by Gasteiger charge is 2.25. The number of pyridine rings is 1. The molecule has 0 radical (unpaired) electrons. The number of rotatable bonds is 3. The maximum atomic E-state index is 9.18. The second-order valence-corrected chi connectivity index (χ2v) is 7.03. The van der Waals surface area contributed by atoms with Crippen LogP contribution in [0.15, 0.2) is 41.2 Å². The first-order valence-electron chi connectivity index (χ1n) is 8.87. The molecule has 1 aliphatic rings. The van der Waals surface area contributed by atoms with Crippen molar-refractivity contribution in [2.75, 3.05) is 0 Å². The zero-order valence-electron chi connectivity index (χ0n) is 14.6. The molecule has 1 aromatic carbocycles. The summed E-state index contributed by atoms with van der Waals surface area (Å²) in [6.45, 7) is 0. The van der Waals surface area contributed by atoms with Crippen LogP contribution in [-0.4, -0.2) is 20.3 Å². The summed E-state index contributed by atoms with van der Waals surface area (Å²) in [5.74, 6) is 0.715. The van der Waals surface area contributed by atoms with E-state index in [-0.39, 0.29) is 11.3 Å². The fraction of sp³-hybridized carbons (Fsp3) is 0.200. The van der Waals surface area contributed by atoms with E-state index < -0.39 is 0 Å². The zero-order valence-corrected chi connectivity index (χ0v) is 15.4. The van der Waals surface area contributed by atoms with E-state index in [1.54, 1.807) is 12.5 Å². The van der Waals surface area contributed by atoms with Crippen LogP contribution in [0.4, 0.5) is 0 Å². The van der Waals surface area contributed by atoms with Crippen LogP contribution in [0.3, 0.4) is 0 Å². The van der Waals surface area contributed by atoms with E-state index in [1.165, 1.54) is 0 Å². The molecule has 138 valence electrons. The van der Waals surface area contributed by atoms with Crippen molar-refractivity contribution in [3.63, 3.8) is 0 Å². The van der Waals surface area contributed by atoms with Gasteiger partial charge in [0.15, 0.2) is 0 Å². The van der Waals surface area contributed by atoms with Gasteiger partial charge >= 0.3 is 0 Å². The van der Waals surface area contributed by atoms with Crippen molar-refractivity contribution in [1.29, 1.82) is 5.26 Å². The quantitative estimate of drug-likeness (QED) is 0.512. The minimum absolute atomic E-state index is 0.211. The molecular formula is C20H14ClN5O2. The maximum absolute atomic E-state index is 9.18. The molecule has 0 amide bonds. The molecule has 1 N–H and O–H groups in total. The van der Waals surface area contributed by atoms with Gasteiger partial charge in [-0.05, 0) is 49.1 Å². The normalized spacial score (nSPS) is 15.9. The second-order valence-electron chi connectivity index (χ2n) is 6.67. The molecule has 0 saturated heterocycles. The number of hydrogen-bond acceptors (Lipinski definition) is 6. The van der Waals surface area contributed by atoms with E-state index in [2.05, 4.69) is 26.4 Å². The van der Waals surface area contributed by atoms with Crippen LogP contribution in [0.1, 0.15) is 35.8 Å². The molecule has 0 spiro atoms. The van der Waals surface area contributed by atoms with Crippen molar-refractivity contribution in [2.45, 2.75) is 25.4 Å². The lowest BCUT2D eigenvalue weighted by molar-refractivity contribution is 0.178. The first kappa shape index (κ1) is 16.8. The van der Waals surface area contributed by atoms with Crippen molar-refractivity contribution in [2.24, 2.45) is 0 Å². The number of aromatic amines is 1. The molecule has 1 aliphatic carbocycles. The van der Waals surface area contributed by atoms with Gasteiger partial charge in [-0.1, -0.05) is 16.8 Å². The van der Waals surface area contributed by atoms with E-state index in [1.807, 2.05) is 24.3 Å². The summed E-state index contributed by atoms with van der Waals surface area (Å²) < 4.78 is 11.2. The molecule has 4 aromatic rings. The van der Waals surface area contributed by atoms with Crippen LogP contribution in [0, 0.1) is 11.3 Å². The number of ether oxygens (including phenoxy) is 1. The lowest BCUT2D eigenvalue weighted by Gasteiger charge is -2.25. The van der Waals surface area contributed by atoms with Gasteiger partial charge in [0.25, 0.3) is 0 Å². The van der Waals surface area contributed by atoms with Crippen LogP contribution in [0.2, 0.25) is 5.15 Å². The molecule has 3 heterocycles. The summed E-state index contributed by atoms with van der Waals surface area (Å²) in [6.07, 6.45) is 5.64. The molecule has 3 aromatic heterocycles. The third-order valence-electron chi connectivity index (χ3n) is 4.94. The van der Waals surface area contributed by atoms with Crippen LogP contribution in [-0.2, 0) is 6.42 Å². The van der Waals surface area contributed by atoms with Gasteiger partial charge in [0, 0.05) is 5.39 Å². The largest absolute Gasteiger partial charge is 0.484 e. The Morgan fingerprint density at radius 1 is 1.32 bits per heavy atom. The summed E-state index contributed by atoms with van der Waals surface area (Å²) in [6, 6.07) is 9.68. The monoisotopic (exact) mass is 391 g/mol. The average molecular weight is 392 g/mol. The highest BCUT2D eigenvalue weighted by Crippen LogP contribution is 2.36. The highest BCUT2D eigenvalue weighted by molar-refractivity contribution is 6.30. The van der Waals surface area contributed by atoms with Crippen LogP contribution in [0.5, 0.6) is 5.75 Å². The van der Waals surface area contributed by atoms with Crippen molar-refractivity contribution in [3.8, 4) is 23.1 Å². The highest BCUT2D eigenvalue weighted by atomic mass is 35.5.